The van der Waals surface area contributed by atoms with E-state index in [1.54, 1.807) is 54.6 Å². The van der Waals surface area contributed by atoms with Crippen LogP contribution in [0, 0.1) is 0 Å². The topological polar surface area (TPSA) is 291 Å². The third-order valence-corrected chi connectivity index (χ3v) is 12.8. The van der Waals surface area contributed by atoms with Gasteiger partial charge < -0.3 is 57.9 Å². The van der Waals surface area contributed by atoms with Gasteiger partial charge >= 0.3 is 0 Å². The Morgan fingerprint density at radius 1 is 0.712 bits per heavy atom. The number of piperidine rings is 1. The van der Waals surface area contributed by atoms with Crippen molar-refractivity contribution in [3.8, 4) is 0 Å². The van der Waals surface area contributed by atoms with Gasteiger partial charge in [0.15, 0.2) is 0 Å². The van der Waals surface area contributed by atoms with Gasteiger partial charge in [-0.25, -0.2) is 0 Å². The van der Waals surface area contributed by atoms with E-state index in [1.165, 1.54) is 23.6 Å². The number of hydrogen-bond acceptors (Lipinski definition) is 11. The molecule has 10 atom stereocenters. The first-order chi connectivity index (χ1) is 31.6. The minimum atomic E-state index is -1.30. The quantitative estimate of drug-likeness (QED) is 0.0729. The summed E-state index contributed by atoms with van der Waals surface area (Å²) in [6.07, 6.45) is 2.79. The van der Waals surface area contributed by atoms with E-state index >= 15 is 0 Å². The molecule has 2 aromatic carbocycles. The molecule has 66 heavy (non-hydrogen) atoms. The molecule has 0 aliphatic carbocycles. The van der Waals surface area contributed by atoms with Gasteiger partial charge in [-0.3, -0.25) is 43.2 Å². The van der Waals surface area contributed by atoms with Crippen molar-refractivity contribution in [1.82, 2.24) is 47.0 Å². The fourth-order valence-electron chi connectivity index (χ4n) is 9.18. The van der Waals surface area contributed by atoms with Gasteiger partial charge in [0, 0.05) is 25.4 Å². The molecular formula is C46H62N10O10. The highest BCUT2D eigenvalue weighted by atomic mass is 16.3. The lowest BCUT2D eigenvalue weighted by Crippen LogP contribution is -2.62. The third-order valence-electron chi connectivity index (χ3n) is 12.8. The number of likely N-dealkylation sites (tertiary alicyclic amines) is 1. The zero-order chi connectivity index (χ0) is 47.5. The number of carbonyl (C=O) groups is 9. The minimum Gasteiger partial charge on any atom is -0.391 e. The molecule has 0 radical (unpaired) electrons. The lowest BCUT2D eigenvalue weighted by Gasteiger charge is -2.38. The van der Waals surface area contributed by atoms with Crippen molar-refractivity contribution in [2.24, 2.45) is 5.73 Å². The zero-order valence-corrected chi connectivity index (χ0v) is 37.3. The predicted octanol–water partition coefficient (Wildman–Crippen LogP) is -2.21. The second kappa shape index (κ2) is 22.7. The van der Waals surface area contributed by atoms with Crippen molar-refractivity contribution < 1.29 is 48.3 Å². The number of amides is 9. The first-order valence-electron chi connectivity index (χ1n) is 22.8. The van der Waals surface area contributed by atoms with E-state index in [4.69, 9.17) is 5.73 Å². The molecule has 4 aliphatic heterocycles. The SMILES string of the molecule is C[C@H](NC(=O)[C@H](Cc1ccccc1)NC(=O)[C@@H]1CCCN1C(=O)CNC(=O)[C@@H]1CC[C@@H]2CC[C@H](NC(=O)[C@@H](NC(=O)[C@@H]3CCCN3)[C@H](C)O)C(=O)N21)C(=O)N[C@@H](Cc1ccccc1)C(N)=O. The highest BCUT2D eigenvalue weighted by molar-refractivity contribution is 5.98. The molecule has 4 saturated heterocycles. The number of carbonyl (C=O) groups excluding carboxylic acids is 9. The van der Waals surface area contributed by atoms with E-state index in [-0.39, 0.29) is 31.8 Å². The van der Waals surface area contributed by atoms with Crippen molar-refractivity contribution in [1.29, 1.82) is 0 Å². The van der Waals surface area contributed by atoms with Crippen molar-refractivity contribution in [3.63, 3.8) is 0 Å². The summed E-state index contributed by atoms with van der Waals surface area (Å²) in [5, 5.41) is 29.3. The van der Waals surface area contributed by atoms with Crippen LogP contribution >= 0.6 is 0 Å². The van der Waals surface area contributed by atoms with Gasteiger partial charge in [0.25, 0.3) is 0 Å². The third kappa shape index (κ3) is 12.5. The maximum atomic E-state index is 13.9. The minimum absolute atomic E-state index is 0.0549. The fraction of sp³-hybridized carbons (Fsp3) is 0.543. The van der Waals surface area contributed by atoms with Gasteiger partial charge in [-0.15, -0.1) is 0 Å². The summed E-state index contributed by atoms with van der Waals surface area (Å²) >= 11 is 0. The molecule has 4 aliphatic rings. The molecule has 4 heterocycles. The molecular weight excluding hydrogens is 853 g/mol. The van der Waals surface area contributed by atoms with Gasteiger partial charge in [0.2, 0.25) is 53.2 Å². The first-order valence-corrected chi connectivity index (χ1v) is 22.8. The van der Waals surface area contributed by atoms with E-state index < -0.39 is 114 Å². The van der Waals surface area contributed by atoms with Gasteiger partial charge in [-0.2, -0.15) is 0 Å². The number of nitrogens with zero attached hydrogens (tertiary/aromatic N) is 2. The van der Waals surface area contributed by atoms with Gasteiger partial charge in [-0.1, -0.05) is 60.7 Å². The molecule has 9 amide bonds. The molecule has 0 saturated carbocycles. The Hall–Kier alpha value is -6.41. The summed E-state index contributed by atoms with van der Waals surface area (Å²) < 4.78 is 0. The molecule has 10 N–H and O–H groups in total. The average Bonchev–Trinajstić information content (AvgIpc) is 4.11. The van der Waals surface area contributed by atoms with Gasteiger partial charge in [-0.05, 0) is 82.9 Å². The van der Waals surface area contributed by atoms with Crippen LogP contribution in [-0.2, 0) is 56.0 Å². The van der Waals surface area contributed by atoms with E-state index in [0.717, 1.165) is 12.0 Å². The molecule has 0 bridgehead atoms. The summed E-state index contributed by atoms with van der Waals surface area (Å²) in [4.78, 5) is 123. The van der Waals surface area contributed by atoms with Crippen LogP contribution in [0.2, 0.25) is 0 Å². The van der Waals surface area contributed by atoms with Crippen LogP contribution < -0.4 is 43.0 Å². The molecule has 4 fully saturated rings. The fourth-order valence-corrected chi connectivity index (χ4v) is 9.18. The van der Waals surface area contributed by atoms with Crippen LogP contribution in [0.25, 0.3) is 0 Å². The highest BCUT2D eigenvalue weighted by Gasteiger charge is 2.47. The second-order valence-electron chi connectivity index (χ2n) is 17.6. The molecule has 356 valence electrons. The van der Waals surface area contributed by atoms with Crippen molar-refractivity contribution in [2.75, 3.05) is 19.6 Å². The largest absolute Gasteiger partial charge is 0.391 e. The zero-order valence-electron chi connectivity index (χ0n) is 37.3. The van der Waals surface area contributed by atoms with E-state index in [9.17, 15) is 48.3 Å². The monoisotopic (exact) mass is 914 g/mol. The lowest BCUT2D eigenvalue weighted by atomic mass is 9.97. The van der Waals surface area contributed by atoms with Crippen LogP contribution in [0.4, 0.5) is 0 Å². The second-order valence-corrected chi connectivity index (χ2v) is 17.6. The van der Waals surface area contributed by atoms with Crippen LogP contribution in [0.15, 0.2) is 60.7 Å². The van der Waals surface area contributed by atoms with Crippen LogP contribution in [-0.4, -0.2) is 148 Å². The smallest absolute Gasteiger partial charge is 0.246 e. The van der Waals surface area contributed by atoms with Crippen molar-refractivity contribution in [3.05, 3.63) is 71.8 Å². The predicted molar refractivity (Wildman–Crippen MR) is 238 cm³/mol. The number of fused-ring (bicyclic) bond motifs is 1. The average molecular weight is 915 g/mol. The van der Waals surface area contributed by atoms with Gasteiger partial charge in [0.1, 0.15) is 42.3 Å². The Morgan fingerprint density at radius 2 is 1.36 bits per heavy atom. The molecule has 6 rings (SSSR count). The Kier molecular flexibility index (Phi) is 16.8. The number of primary amides is 1. The lowest BCUT2D eigenvalue weighted by molar-refractivity contribution is -0.147. The van der Waals surface area contributed by atoms with E-state index in [0.29, 0.717) is 50.6 Å². The molecule has 0 spiro atoms. The molecule has 20 heteroatoms. The number of nitrogens with one attached hydrogen (secondary N) is 7. The van der Waals surface area contributed by atoms with Crippen molar-refractivity contribution in [2.45, 2.75) is 139 Å². The normalized spacial score (nSPS) is 23.6. The summed E-state index contributed by atoms with van der Waals surface area (Å²) in [5.74, 6) is -5.41. The summed E-state index contributed by atoms with van der Waals surface area (Å²) in [6.45, 7) is 3.23. The number of hydrogen-bond donors (Lipinski definition) is 9. The first kappa shape index (κ1) is 49.0. The molecule has 2 aromatic rings. The van der Waals surface area contributed by atoms with Crippen LogP contribution in [0.1, 0.15) is 76.3 Å². The Labute approximate surface area is 383 Å². The maximum Gasteiger partial charge on any atom is 0.246 e. The molecule has 0 unspecified atom stereocenters. The standard InChI is InChI=1S/C46H62N10O10/c1-26(40(60)52-33(39(47)59)23-28-11-5-3-6-12-28)50-42(62)34(24-29-13-7-4-8-14-29)53-44(64)35-16-10-22-55(35)37(58)25-49-43(63)36-20-18-30-17-19-32(46(66)56(30)36)51-45(65)38(27(2)57)54-41(61)31-15-9-21-48-31/h3-8,11-14,26-27,30-36,38,48,57H,9-10,15-25H2,1-2H3,(H2,47,59)(H,49,63)(H,50,62)(H,51,65)(H,52,60)(H,53,64)(H,54,61)/t26-,27-,30-,31-,32-,33-,34-,35-,36-,38-/m0/s1. The number of aliphatic hydroxyl groups excluding tert-OH is 1. The highest BCUT2D eigenvalue weighted by Crippen LogP contribution is 2.33. The Morgan fingerprint density at radius 3 is 1.98 bits per heavy atom. The number of rotatable bonds is 19. The summed E-state index contributed by atoms with van der Waals surface area (Å²) in [5.41, 5.74) is 7.07. The van der Waals surface area contributed by atoms with Gasteiger partial charge in [0.05, 0.1) is 18.7 Å². The van der Waals surface area contributed by atoms with Crippen LogP contribution in [0.3, 0.4) is 0 Å². The number of nitrogens with two attached hydrogens (primary N) is 1. The van der Waals surface area contributed by atoms with E-state index in [2.05, 4.69) is 37.2 Å². The number of benzene rings is 2. The summed E-state index contributed by atoms with van der Waals surface area (Å²) in [6, 6.07) is 9.65. The molecule has 20 nitrogen and oxygen atoms in total. The Balaban J connectivity index is 1.03. The van der Waals surface area contributed by atoms with Crippen molar-refractivity contribution >= 4 is 53.2 Å². The summed E-state index contributed by atoms with van der Waals surface area (Å²) in [7, 11) is 0. The van der Waals surface area contributed by atoms with Crippen LogP contribution in [0.5, 0.6) is 0 Å². The van der Waals surface area contributed by atoms with E-state index in [1.807, 2.05) is 6.07 Å². The maximum absolute atomic E-state index is 13.9. The Bertz CT molecular complexity index is 2100. The number of aliphatic hydroxyl groups is 1. The molecule has 0 aromatic heterocycles.